The minimum atomic E-state index is -3.82. The number of nitrogens with zero attached hydrogens (tertiary/aromatic N) is 2. The number of aromatic nitrogens is 1. The molecule has 4 rings (SSSR count). The van der Waals surface area contributed by atoms with Gasteiger partial charge in [0.25, 0.3) is 10.1 Å². The number of thiazole rings is 1. The van der Waals surface area contributed by atoms with Crippen molar-refractivity contribution in [2.75, 3.05) is 66.0 Å². The molecule has 3 aromatic rings. The smallest absolute Gasteiger partial charge is 0.297 e. The van der Waals surface area contributed by atoms with E-state index in [0.29, 0.717) is 19.8 Å². The Bertz CT molecular complexity index is 1830. The van der Waals surface area contributed by atoms with Gasteiger partial charge in [0, 0.05) is 25.9 Å². The van der Waals surface area contributed by atoms with Gasteiger partial charge in [-0.05, 0) is 42.5 Å². The van der Waals surface area contributed by atoms with E-state index in [4.69, 9.17) is 23.1 Å². The lowest BCUT2D eigenvalue weighted by Crippen LogP contribution is -2.57. The van der Waals surface area contributed by atoms with Gasteiger partial charge in [-0.15, -0.1) is 11.3 Å². The number of ether oxygens (including phenoxy) is 4. The van der Waals surface area contributed by atoms with Crippen LogP contribution in [0.2, 0.25) is 0 Å². The highest BCUT2D eigenvalue weighted by molar-refractivity contribution is 7.86. The fourth-order valence-electron chi connectivity index (χ4n) is 5.92. The number of benzene rings is 2. The molecule has 0 bridgehead atoms. The molecule has 3 amide bonds. The molecule has 2 heterocycles. The number of hydrogen-bond donors (Lipinski definition) is 3. The van der Waals surface area contributed by atoms with Gasteiger partial charge in [-0.2, -0.15) is 8.42 Å². The van der Waals surface area contributed by atoms with E-state index in [9.17, 15) is 27.9 Å². The zero-order valence-corrected chi connectivity index (χ0v) is 35.0. The first-order chi connectivity index (χ1) is 27.2. The predicted molar refractivity (Wildman–Crippen MR) is 214 cm³/mol. The van der Waals surface area contributed by atoms with Crippen LogP contribution in [0.5, 0.6) is 0 Å². The number of hydrogen-bond acceptors (Lipinski definition) is 13. The summed E-state index contributed by atoms with van der Waals surface area (Å²) in [5.41, 5.74) is 4.98. The second-order valence-electron chi connectivity index (χ2n) is 14.7. The van der Waals surface area contributed by atoms with Crippen LogP contribution in [-0.2, 0) is 54.2 Å². The summed E-state index contributed by atoms with van der Waals surface area (Å²) in [4.78, 5) is 47.0. The van der Waals surface area contributed by atoms with Gasteiger partial charge in [0.2, 0.25) is 17.7 Å². The molecule has 1 fully saturated rings. The molecule has 57 heavy (non-hydrogen) atoms. The van der Waals surface area contributed by atoms with Crippen LogP contribution in [0, 0.1) is 19.3 Å². The topological polar surface area (TPSA) is 192 Å². The highest BCUT2D eigenvalue weighted by Crippen LogP contribution is 2.28. The Kier molecular flexibility index (Phi) is 18.0. The maximum absolute atomic E-state index is 13.9. The summed E-state index contributed by atoms with van der Waals surface area (Å²) < 4.78 is 51.1. The predicted octanol–water partition coefficient (Wildman–Crippen LogP) is 3.40. The van der Waals surface area contributed by atoms with Crippen molar-refractivity contribution in [1.82, 2.24) is 20.5 Å². The summed E-state index contributed by atoms with van der Waals surface area (Å²) in [6.07, 6.45) is -0.751. The Morgan fingerprint density at radius 1 is 0.877 bits per heavy atom. The molecule has 3 N–H and O–H groups in total. The molecule has 314 valence electrons. The highest BCUT2D eigenvalue weighted by Gasteiger charge is 2.44. The normalized spacial score (nSPS) is 16.4. The second-order valence-corrected chi connectivity index (χ2v) is 17.2. The summed E-state index contributed by atoms with van der Waals surface area (Å²) in [5.74, 6) is -1.18. The monoisotopic (exact) mass is 832 g/mol. The van der Waals surface area contributed by atoms with Crippen molar-refractivity contribution in [2.45, 2.75) is 77.1 Å². The average Bonchev–Trinajstić information content (AvgIpc) is 3.79. The third kappa shape index (κ3) is 14.8. The van der Waals surface area contributed by atoms with Crippen LogP contribution in [0.3, 0.4) is 0 Å². The molecule has 1 aliphatic rings. The third-order valence-corrected chi connectivity index (χ3v) is 11.4. The van der Waals surface area contributed by atoms with E-state index in [1.54, 1.807) is 29.0 Å². The summed E-state index contributed by atoms with van der Waals surface area (Å²) >= 11 is 1.57. The standard InChI is InChI=1S/C40H56N4O11S2/c1-28-6-12-33(13-7-28)57(49,50)55-23-22-54-21-20-53-19-18-52-17-16-51-15-14-35(46)43-37(40(3,4)5)39(48)44-26-32(45)24-34(44)38(47)41-25-30-8-10-31(11-9-30)36-29(2)42-27-56-36/h6-13,27,32,34,37,45H,14-26H2,1-5H3,(H,41,47)(H,43,46)/t32-,34+,37?/m1/s1. The van der Waals surface area contributed by atoms with Gasteiger partial charge >= 0.3 is 0 Å². The molecule has 2 aromatic carbocycles. The molecule has 0 aliphatic carbocycles. The van der Waals surface area contributed by atoms with E-state index in [1.807, 2.05) is 58.9 Å². The average molecular weight is 833 g/mol. The summed E-state index contributed by atoms with van der Waals surface area (Å²) in [5, 5.41) is 16.2. The lowest BCUT2D eigenvalue weighted by atomic mass is 9.85. The number of β-amino-alcohol motifs (C(OH)–C–C–N with tert-alkyl or cyclic N) is 1. The second kappa shape index (κ2) is 22.4. The fraction of sp³-hybridized carbons (Fsp3) is 0.550. The molecule has 0 spiro atoms. The lowest BCUT2D eigenvalue weighted by Gasteiger charge is -2.35. The molecule has 17 heteroatoms. The van der Waals surface area contributed by atoms with Gasteiger partial charge in [-0.25, -0.2) is 4.98 Å². The van der Waals surface area contributed by atoms with Crippen LogP contribution in [0.4, 0.5) is 0 Å². The molecule has 0 saturated carbocycles. The molecule has 3 atom stereocenters. The first kappa shape index (κ1) is 45.9. The minimum Gasteiger partial charge on any atom is -0.391 e. The van der Waals surface area contributed by atoms with E-state index >= 15 is 0 Å². The molecule has 15 nitrogen and oxygen atoms in total. The number of nitrogens with one attached hydrogen (secondary N) is 2. The van der Waals surface area contributed by atoms with Gasteiger partial charge in [-0.1, -0.05) is 62.7 Å². The van der Waals surface area contributed by atoms with Crippen molar-refractivity contribution < 1.29 is 51.0 Å². The molecule has 1 aromatic heterocycles. The van der Waals surface area contributed by atoms with Crippen molar-refractivity contribution in [2.24, 2.45) is 5.41 Å². The molecule has 1 saturated heterocycles. The van der Waals surface area contributed by atoms with Gasteiger partial charge in [0.15, 0.2) is 0 Å². The Hall–Kier alpha value is -3.81. The van der Waals surface area contributed by atoms with Crippen molar-refractivity contribution in [1.29, 1.82) is 0 Å². The summed E-state index contributed by atoms with van der Waals surface area (Å²) in [6, 6.07) is 12.4. The third-order valence-electron chi connectivity index (χ3n) is 9.08. The molecule has 1 aliphatic heterocycles. The van der Waals surface area contributed by atoms with Gasteiger partial charge < -0.3 is 39.6 Å². The highest BCUT2D eigenvalue weighted by atomic mass is 32.2. The Balaban J connectivity index is 1.07. The number of amides is 3. The Morgan fingerprint density at radius 3 is 2.02 bits per heavy atom. The first-order valence-electron chi connectivity index (χ1n) is 19.0. The number of aryl methyl sites for hydroxylation is 2. The van der Waals surface area contributed by atoms with Crippen LogP contribution >= 0.6 is 11.3 Å². The zero-order chi connectivity index (χ0) is 41.4. The van der Waals surface area contributed by atoms with Crippen LogP contribution in [0.1, 0.15) is 50.4 Å². The largest absolute Gasteiger partial charge is 0.391 e. The quantitative estimate of drug-likeness (QED) is 0.0934. The maximum atomic E-state index is 13.9. The minimum absolute atomic E-state index is 0.0107. The van der Waals surface area contributed by atoms with Crippen LogP contribution in [-0.4, -0.2) is 125 Å². The first-order valence-corrected chi connectivity index (χ1v) is 21.3. The van der Waals surface area contributed by atoms with Crippen LogP contribution in [0.25, 0.3) is 10.4 Å². The number of carbonyl (C=O) groups is 3. The summed E-state index contributed by atoms with van der Waals surface area (Å²) in [7, 11) is -3.82. The van der Waals surface area contributed by atoms with E-state index in [-0.39, 0.29) is 82.3 Å². The zero-order valence-electron chi connectivity index (χ0n) is 33.4. The van der Waals surface area contributed by atoms with Crippen LogP contribution in [0.15, 0.2) is 58.9 Å². The van der Waals surface area contributed by atoms with Gasteiger partial charge in [0.1, 0.15) is 12.1 Å². The molecular formula is C40H56N4O11S2. The van der Waals surface area contributed by atoms with E-state index in [0.717, 1.165) is 27.3 Å². The lowest BCUT2D eigenvalue weighted by molar-refractivity contribution is -0.144. The van der Waals surface area contributed by atoms with Gasteiger partial charge in [-0.3, -0.25) is 18.6 Å². The molecular weight excluding hydrogens is 777 g/mol. The van der Waals surface area contributed by atoms with Crippen molar-refractivity contribution in [3.8, 4) is 10.4 Å². The number of aliphatic hydroxyl groups is 1. The maximum Gasteiger partial charge on any atom is 0.297 e. The fourth-order valence-corrected chi connectivity index (χ4v) is 7.62. The number of likely N-dealkylation sites (tertiary alicyclic amines) is 1. The van der Waals surface area contributed by atoms with E-state index < -0.39 is 39.6 Å². The molecule has 0 radical (unpaired) electrons. The van der Waals surface area contributed by atoms with Crippen molar-refractivity contribution in [3.63, 3.8) is 0 Å². The number of aliphatic hydroxyl groups excluding tert-OH is 1. The Labute approximate surface area is 339 Å². The number of carbonyl (C=O) groups excluding carboxylic acids is 3. The SMILES string of the molecule is Cc1ccc(S(=O)(=O)OCCOCCOCCOCCOCCC(=O)NC(C(=O)N2C[C@H](O)C[C@H]2C(=O)NCc2ccc(-c3scnc3C)cc2)C(C)(C)C)cc1. The molecule has 1 unspecified atom stereocenters. The number of rotatable bonds is 23. The van der Waals surface area contributed by atoms with Crippen molar-refractivity contribution in [3.05, 3.63) is 70.9 Å². The van der Waals surface area contributed by atoms with E-state index in [1.165, 1.54) is 17.0 Å². The van der Waals surface area contributed by atoms with Crippen molar-refractivity contribution >= 4 is 39.2 Å². The Morgan fingerprint density at radius 2 is 1.46 bits per heavy atom. The van der Waals surface area contributed by atoms with E-state index in [2.05, 4.69) is 15.6 Å². The van der Waals surface area contributed by atoms with Crippen LogP contribution < -0.4 is 10.6 Å². The summed E-state index contributed by atoms with van der Waals surface area (Å²) in [6.45, 7) is 11.4. The van der Waals surface area contributed by atoms with Gasteiger partial charge in [0.05, 0.1) is 86.5 Å².